The van der Waals surface area contributed by atoms with Gasteiger partial charge in [0.2, 0.25) is 0 Å². The third kappa shape index (κ3) is 3.82. The number of anilines is 1. The summed E-state index contributed by atoms with van der Waals surface area (Å²) in [5, 5.41) is 0. The van der Waals surface area contributed by atoms with Crippen LogP contribution in [-0.4, -0.2) is 28.4 Å². The van der Waals surface area contributed by atoms with Crippen LogP contribution in [0.1, 0.15) is 57.6 Å². The van der Waals surface area contributed by atoms with Crippen LogP contribution in [0.15, 0.2) is 12.4 Å². The summed E-state index contributed by atoms with van der Waals surface area (Å²) in [7, 11) is 0. The first-order valence-electron chi connectivity index (χ1n) is 7.37. The lowest BCUT2D eigenvalue weighted by molar-refractivity contribution is 0.416. The summed E-state index contributed by atoms with van der Waals surface area (Å²) in [5.41, 5.74) is 1.11. The van der Waals surface area contributed by atoms with Crippen LogP contribution in [0.2, 0.25) is 0 Å². The van der Waals surface area contributed by atoms with Crippen LogP contribution in [0.4, 0.5) is 5.82 Å². The molecule has 0 bridgehead atoms. The van der Waals surface area contributed by atoms with Crippen molar-refractivity contribution in [3.63, 3.8) is 0 Å². The fourth-order valence-electron chi connectivity index (χ4n) is 2.80. The van der Waals surface area contributed by atoms with Gasteiger partial charge in [0.25, 0.3) is 0 Å². The predicted octanol–water partition coefficient (Wildman–Crippen LogP) is 3.98. The maximum Gasteiger partial charge on any atom is 0.132 e. The largest absolute Gasteiger partial charge is 0.352 e. The molecule has 0 unspecified atom stereocenters. The molecule has 1 aromatic heterocycles. The SMILES string of the molecule is CC(C)c1cc(N(CCCl)C2CCCCC2)ncn1. The van der Waals surface area contributed by atoms with Crippen molar-refractivity contribution in [2.45, 2.75) is 57.9 Å². The van der Waals surface area contributed by atoms with Gasteiger partial charge >= 0.3 is 0 Å². The molecule has 106 valence electrons. The molecule has 0 spiro atoms. The second kappa shape index (κ2) is 7.09. The van der Waals surface area contributed by atoms with Gasteiger partial charge in [-0.2, -0.15) is 0 Å². The van der Waals surface area contributed by atoms with E-state index in [1.165, 1.54) is 32.1 Å². The van der Waals surface area contributed by atoms with E-state index in [0.29, 0.717) is 17.8 Å². The number of hydrogen-bond acceptors (Lipinski definition) is 3. The molecule has 1 saturated carbocycles. The van der Waals surface area contributed by atoms with Crippen molar-refractivity contribution >= 4 is 17.4 Å². The summed E-state index contributed by atoms with van der Waals surface area (Å²) in [6, 6.07) is 2.73. The zero-order chi connectivity index (χ0) is 13.7. The fourth-order valence-corrected chi connectivity index (χ4v) is 2.98. The molecule has 1 fully saturated rings. The maximum atomic E-state index is 5.98. The maximum absolute atomic E-state index is 5.98. The molecule has 0 radical (unpaired) electrons. The Balaban J connectivity index is 2.19. The highest BCUT2D eigenvalue weighted by Crippen LogP contribution is 2.27. The molecule has 0 aromatic carbocycles. The Hall–Kier alpha value is -0.830. The quantitative estimate of drug-likeness (QED) is 0.765. The Morgan fingerprint density at radius 3 is 2.63 bits per heavy atom. The first kappa shape index (κ1) is 14.6. The summed E-state index contributed by atoms with van der Waals surface area (Å²) in [4.78, 5) is 11.2. The first-order chi connectivity index (χ1) is 9.22. The van der Waals surface area contributed by atoms with Crippen LogP contribution < -0.4 is 4.90 Å². The third-order valence-electron chi connectivity index (χ3n) is 3.90. The molecule has 1 aliphatic carbocycles. The molecule has 1 aromatic rings. The number of rotatable bonds is 5. The minimum Gasteiger partial charge on any atom is -0.352 e. The Morgan fingerprint density at radius 2 is 2.00 bits per heavy atom. The molecule has 0 atom stereocenters. The first-order valence-corrected chi connectivity index (χ1v) is 7.90. The van der Waals surface area contributed by atoms with Gasteiger partial charge in [0.05, 0.1) is 0 Å². The van der Waals surface area contributed by atoms with E-state index in [2.05, 4.69) is 34.8 Å². The van der Waals surface area contributed by atoms with Crippen molar-refractivity contribution in [2.75, 3.05) is 17.3 Å². The lowest BCUT2D eigenvalue weighted by atomic mass is 9.94. The average Bonchev–Trinajstić information content (AvgIpc) is 2.46. The summed E-state index contributed by atoms with van der Waals surface area (Å²) >= 11 is 5.98. The highest BCUT2D eigenvalue weighted by atomic mass is 35.5. The van der Waals surface area contributed by atoms with Crippen molar-refractivity contribution < 1.29 is 0 Å². The standard InChI is InChI=1S/C15H24ClN3/c1-12(2)14-10-15(18-11-17-14)19(9-8-16)13-6-4-3-5-7-13/h10-13H,3-9H2,1-2H3. The summed E-state index contributed by atoms with van der Waals surface area (Å²) < 4.78 is 0. The van der Waals surface area contributed by atoms with Crippen molar-refractivity contribution in [1.29, 1.82) is 0 Å². The van der Waals surface area contributed by atoms with Crippen LogP contribution in [0, 0.1) is 0 Å². The Bertz CT molecular complexity index is 389. The van der Waals surface area contributed by atoms with Crippen LogP contribution >= 0.6 is 11.6 Å². The normalized spacial score (nSPS) is 16.8. The summed E-state index contributed by atoms with van der Waals surface area (Å²) in [6.07, 6.45) is 8.23. The molecule has 0 saturated heterocycles. The molecule has 0 aliphatic heterocycles. The van der Waals surface area contributed by atoms with E-state index in [1.807, 2.05) is 0 Å². The van der Waals surface area contributed by atoms with Crippen molar-refractivity contribution in [3.05, 3.63) is 18.1 Å². The minimum absolute atomic E-state index is 0.436. The average molecular weight is 282 g/mol. The Morgan fingerprint density at radius 1 is 1.26 bits per heavy atom. The molecule has 4 heteroatoms. The molecular formula is C15H24ClN3. The van der Waals surface area contributed by atoms with E-state index in [4.69, 9.17) is 11.6 Å². The highest BCUT2D eigenvalue weighted by Gasteiger charge is 2.22. The van der Waals surface area contributed by atoms with Gasteiger partial charge < -0.3 is 4.90 Å². The second-order valence-corrected chi connectivity index (χ2v) is 6.01. The van der Waals surface area contributed by atoms with Gasteiger partial charge in [0, 0.05) is 30.2 Å². The van der Waals surface area contributed by atoms with Gasteiger partial charge in [-0.05, 0) is 18.8 Å². The number of hydrogen-bond donors (Lipinski definition) is 0. The van der Waals surface area contributed by atoms with E-state index >= 15 is 0 Å². The van der Waals surface area contributed by atoms with Crippen LogP contribution in [0.5, 0.6) is 0 Å². The van der Waals surface area contributed by atoms with Gasteiger partial charge in [0.15, 0.2) is 0 Å². The second-order valence-electron chi connectivity index (χ2n) is 5.63. The van der Waals surface area contributed by atoms with E-state index < -0.39 is 0 Å². The molecule has 3 nitrogen and oxygen atoms in total. The molecule has 0 N–H and O–H groups in total. The van der Waals surface area contributed by atoms with Crippen molar-refractivity contribution in [2.24, 2.45) is 0 Å². The third-order valence-corrected chi connectivity index (χ3v) is 4.07. The lowest BCUT2D eigenvalue weighted by Crippen LogP contribution is -2.39. The lowest BCUT2D eigenvalue weighted by Gasteiger charge is -2.35. The summed E-state index contributed by atoms with van der Waals surface area (Å²) in [6.45, 7) is 5.21. The van der Waals surface area contributed by atoms with Gasteiger partial charge in [-0.25, -0.2) is 9.97 Å². The summed E-state index contributed by atoms with van der Waals surface area (Å²) in [5.74, 6) is 2.13. The van der Waals surface area contributed by atoms with Gasteiger partial charge in [0.1, 0.15) is 12.1 Å². The van der Waals surface area contributed by atoms with Crippen LogP contribution in [0.25, 0.3) is 0 Å². The predicted molar refractivity (Wildman–Crippen MR) is 81.1 cm³/mol. The monoisotopic (exact) mass is 281 g/mol. The molecule has 19 heavy (non-hydrogen) atoms. The fraction of sp³-hybridized carbons (Fsp3) is 0.733. The zero-order valence-corrected chi connectivity index (χ0v) is 12.7. The van der Waals surface area contributed by atoms with E-state index in [1.54, 1.807) is 6.33 Å². The Labute approximate surface area is 121 Å². The van der Waals surface area contributed by atoms with Crippen LogP contribution in [-0.2, 0) is 0 Å². The molecule has 1 aliphatic rings. The molecular weight excluding hydrogens is 258 g/mol. The van der Waals surface area contributed by atoms with E-state index in [0.717, 1.165) is 18.1 Å². The van der Waals surface area contributed by atoms with E-state index in [-0.39, 0.29) is 0 Å². The topological polar surface area (TPSA) is 29.0 Å². The number of nitrogens with zero attached hydrogens (tertiary/aromatic N) is 3. The van der Waals surface area contributed by atoms with Crippen molar-refractivity contribution in [1.82, 2.24) is 9.97 Å². The number of halogens is 1. The zero-order valence-electron chi connectivity index (χ0n) is 12.0. The van der Waals surface area contributed by atoms with E-state index in [9.17, 15) is 0 Å². The van der Waals surface area contributed by atoms with Gasteiger partial charge in [-0.15, -0.1) is 11.6 Å². The number of alkyl halides is 1. The van der Waals surface area contributed by atoms with Gasteiger partial charge in [-0.3, -0.25) is 0 Å². The Kier molecular flexibility index (Phi) is 5.44. The number of aromatic nitrogens is 2. The van der Waals surface area contributed by atoms with Crippen LogP contribution in [0.3, 0.4) is 0 Å². The van der Waals surface area contributed by atoms with Gasteiger partial charge in [-0.1, -0.05) is 33.1 Å². The minimum atomic E-state index is 0.436. The highest BCUT2D eigenvalue weighted by molar-refractivity contribution is 6.18. The molecule has 2 rings (SSSR count). The van der Waals surface area contributed by atoms with Crippen molar-refractivity contribution in [3.8, 4) is 0 Å². The molecule has 1 heterocycles. The smallest absolute Gasteiger partial charge is 0.132 e. The molecule has 0 amide bonds.